The van der Waals surface area contributed by atoms with Crippen LogP contribution in [0.1, 0.15) is 239 Å². The van der Waals surface area contributed by atoms with E-state index in [0.29, 0.717) is 19.3 Å². The van der Waals surface area contributed by atoms with E-state index in [1.54, 1.807) is 0 Å². The molecule has 0 aliphatic heterocycles. The lowest BCUT2D eigenvalue weighted by Gasteiger charge is -2.18. The molecule has 0 fully saturated rings. The summed E-state index contributed by atoms with van der Waals surface area (Å²) >= 11 is 0. The Labute approximate surface area is 388 Å². The Morgan fingerprint density at radius 2 is 0.635 bits per heavy atom. The van der Waals surface area contributed by atoms with Crippen LogP contribution in [0.4, 0.5) is 0 Å². The predicted octanol–water partition coefficient (Wildman–Crippen LogP) is 17.2. The Morgan fingerprint density at radius 3 is 1.06 bits per heavy atom. The van der Waals surface area contributed by atoms with E-state index < -0.39 is 6.10 Å². The van der Waals surface area contributed by atoms with Crippen molar-refractivity contribution in [1.29, 1.82) is 0 Å². The third-order valence-electron chi connectivity index (χ3n) is 10.9. The van der Waals surface area contributed by atoms with Crippen molar-refractivity contribution < 1.29 is 28.6 Å². The third kappa shape index (κ3) is 49.5. The third-order valence-corrected chi connectivity index (χ3v) is 10.9. The first-order valence-electron chi connectivity index (χ1n) is 26.1. The largest absolute Gasteiger partial charge is 0.462 e. The molecule has 360 valence electrons. The van der Waals surface area contributed by atoms with Crippen molar-refractivity contribution in [2.45, 2.75) is 245 Å². The van der Waals surface area contributed by atoms with E-state index in [-0.39, 0.29) is 37.5 Å². The van der Waals surface area contributed by atoms with Crippen LogP contribution in [-0.2, 0) is 28.6 Å². The summed E-state index contributed by atoms with van der Waals surface area (Å²) in [5.74, 6) is -0.975. The minimum atomic E-state index is -0.806. The van der Waals surface area contributed by atoms with Gasteiger partial charge in [0.05, 0.1) is 0 Å². The number of rotatable bonds is 46. The predicted molar refractivity (Wildman–Crippen MR) is 270 cm³/mol. The van der Waals surface area contributed by atoms with Crippen molar-refractivity contribution in [2.75, 3.05) is 13.2 Å². The molecular formula is C57H96O6. The van der Waals surface area contributed by atoms with Gasteiger partial charge in [-0.3, -0.25) is 14.4 Å². The SMILES string of the molecule is CC/C=C\C/C=C\C/C=C\CCCCCCCC(=O)O[C@@H](COC(=O)CCC/C=C\C/C=C\C/C=C\C/C=C\CCCCC)COC(=O)CCCCCCCCCCCCCCC. The second-order valence-electron chi connectivity index (χ2n) is 17.1. The summed E-state index contributed by atoms with van der Waals surface area (Å²) in [4.78, 5) is 38.0. The first-order chi connectivity index (χ1) is 31.0. The standard InChI is InChI=1S/C57H96O6/c1-4-7-10-13-16-19-22-25-27-28-30-32-35-38-41-44-47-50-56(59)62-53-54(52-61-55(58)49-46-43-40-37-34-31-24-21-18-15-12-9-6-3)63-57(60)51-48-45-42-39-36-33-29-26-23-20-17-14-11-8-5-2/h8,11,16-17,19-20,25-27,29-30,32,38,41,54H,4-7,9-10,12-15,18,21-24,28,31,33-37,39-40,42-53H2,1-3H3/b11-8-,19-16-,20-17-,27-25-,29-26-,32-30-,41-38-/t54-/m1/s1. The average molecular weight is 877 g/mol. The fraction of sp³-hybridized carbons (Fsp3) is 0.702. The van der Waals surface area contributed by atoms with Crippen LogP contribution in [0.2, 0.25) is 0 Å². The second-order valence-corrected chi connectivity index (χ2v) is 17.1. The maximum atomic E-state index is 12.8. The Kier molecular flexibility index (Phi) is 48.5. The maximum absolute atomic E-state index is 12.8. The summed E-state index contributed by atoms with van der Waals surface area (Å²) < 4.78 is 16.7. The van der Waals surface area contributed by atoms with Gasteiger partial charge in [-0.05, 0) is 89.9 Å². The Balaban J connectivity index is 4.50. The number of hydrogen-bond acceptors (Lipinski definition) is 6. The maximum Gasteiger partial charge on any atom is 0.306 e. The van der Waals surface area contributed by atoms with Gasteiger partial charge in [0.25, 0.3) is 0 Å². The van der Waals surface area contributed by atoms with E-state index in [1.165, 1.54) is 89.9 Å². The minimum Gasteiger partial charge on any atom is -0.462 e. The molecular weight excluding hydrogens is 781 g/mol. The second kappa shape index (κ2) is 51.2. The zero-order valence-electron chi connectivity index (χ0n) is 41.1. The van der Waals surface area contributed by atoms with Crippen LogP contribution in [0, 0.1) is 0 Å². The molecule has 0 saturated heterocycles. The fourth-order valence-corrected chi connectivity index (χ4v) is 6.98. The molecule has 0 aliphatic rings. The van der Waals surface area contributed by atoms with Crippen LogP contribution in [-0.4, -0.2) is 37.2 Å². The lowest BCUT2D eigenvalue weighted by molar-refractivity contribution is -0.167. The van der Waals surface area contributed by atoms with E-state index in [9.17, 15) is 14.4 Å². The summed E-state index contributed by atoms with van der Waals surface area (Å²) in [6, 6.07) is 0. The molecule has 0 aliphatic carbocycles. The van der Waals surface area contributed by atoms with Crippen LogP contribution in [0.25, 0.3) is 0 Å². The van der Waals surface area contributed by atoms with Gasteiger partial charge < -0.3 is 14.2 Å². The molecule has 0 saturated carbocycles. The van der Waals surface area contributed by atoms with E-state index in [4.69, 9.17) is 14.2 Å². The fourth-order valence-electron chi connectivity index (χ4n) is 6.98. The van der Waals surface area contributed by atoms with Crippen molar-refractivity contribution >= 4 is 17.9 Å². The molecule has 0 aromatic heterocycles. The molecule has 63 heavy (non-hydrogen) atoms. The zero-order chi connectivity index (χ0) is 45.8. The Bertz CT molecular complexity index is 1240. The number of esters is 3. The minimum absolute atomic E-state index is 0.0995. The van der Waals surface area contributed by atoms with Crippen molar-refractivity contribution in [1.82, 2.24) is 0 Å². The lowest BCUT2D eigenvalue weighted by atomic mass is 10.0. The molecule has 0 aromatic rings. The average Bonchev–Trinajstić information content (AvgIpc) is 3.28. The topological polar surface area (TPSA) is 78.9 Å². The monoisotopic (exact) mass is 877 g/mol. The molecule has 0 radical (unpaired) electrons. The van der Waals surface area contributed by atoms with Gasteiger partial charge in [0.15, 0.2) is 6.10 Å². The highest BCUT2D eigenvalue weighted by Crippen LogP contribution is 2.14. The van der Waals surface area contributed by atoms with Gasteiger partial charge in [-0.15, -0.1) is 0 Å². The van der Waals surface area contributed by atoms with Crippen LogP contribution in [0.5, 0.6) is 0 Å². The first kappa shape index (κ1) is 59.6. The molecule has 0 unspecified atom stereocenters. The van der Waals surface area contributed by atoms with Gasteiger partial charge in [-0.1, -0.05) is 215 Å². The van der Waals surface area contributed by atoms with Crippen molar-refractivity contribution in [2.24, 2.45) is 0 Å². The van der Waals surface area contributed by atoms with E-state index in [1.807, 2.05) is 0 Å². The molecule has 0 spiro atoms. The summed E-state index contributed by atoms with van der Waals surface area (Å²) in [6.45, 7) is 6.43. The zero-order valence-corrected chi connectivity index (χ0v) is 41.1. The number of hydrogen-bond donors (Lipinski definition) is 0. The van der Waals surface area contributed by atoms with E-state index in [2.05, 4.69) is 106 Å². The number of allylic oxidation sites excluding steroid dienone is 14. The van der Waals surface area contributed by atoms with Crippen LogP contribution < -0.4 is 0 Å². The van der Waals surface area contributed by atoms with Gasteiger partial charge in [-0.2, -0.15) is 0 Å². The van der Waals surface area contributed by atoms with Gasteiger partial charge in [0.2, 0.25) is 0 Å². The smallest absolute Gasteiger partial charge is 0.306 e. The number of unbranched alkanes of at least 4 members (excludes halogenated alkanes) is 21. The molecule has 0 aromatic carbocycles. The quantitative estimate of drug-likeness (QED) is 0.0262. The number of ether oxygens (including phenoxy) is 3. The van der Waals surface area contributed by atoms with Crippen molar-refractivity contribution in [3.05, 3.63) is 85.1 Å². The van der Waals surface area contributed by atoms with Crippen LogP contribution in [0.15, 0.2) is 85.1 Å². The molecule has 0 amide bonds. The highest BCUT2D eigenvalue weighted by Gasteiger charge is 2.19. The normalized spacial score (nSPS) is 12.7. The summed E-state index contributed by atoms with van der Waals surface area (Å²) in [5, 5.41) is 0. The summed E-state index contributed by atoms with van der Waals surface area (Å²) in [5.41, 5.74) is 0. The summed E-state index contributed by atoms with van der Waals surface area (Å²) in [7, 11) is 0. The highest BCUT2D eigenvalue weighted by atomic mass is 16.6. The highest BCUT2D eigenvalue weighted by molar-refractivity contribution is 5.71. The van der Waals surface area contributed by atoms with E-state index in [0.717, 1.165) is 103 Å². The molecule has 0 bridgehead atoms. The van der Waals surface area contributed by atoms with Crippen LogP contribution in [0.3, 0.4) is 0 Å². The van der Waals surface area contributed by atoms with Gasteiger partial charge in [0, 0.05) is 19.3 Å². The molecule has 6 nitrogen and oxygen atoms in total. The van der Waals surface area contributed by atoms with Gasteiger partial charge in [-0.25, -0.2) is 0 Å². The molecule has 6 heteroatoms. The molecule has 0 heterocycles. The lowest BCUT2D eigenvalue weighted by Crippen LogP contribution is -2.30. The molecule has 1 atom stereocenters. The molecule has 0 N–H and O–H groups in total. The van der Waals surface area contributed by atoms with Crippen molar-refractivity contribution in [3.63, 3.8) is 0 Å². The summed E-state index contributed by atoms with van der Waals surface area (Å²) in [6.07, 6.45) is 65.7. The Hall–Kier alpha value is -3.41. The van der Waals surface area contributed by atoms with Crippen molar-refractivity contribution in [3.8, 4) is 0 Å². The number of carbonyl (C=O) groups is 3. The number of carbonyl (C=O) groups excluding carboxylic acids is 3. The molecule has 0 rings (SSSR count). The van der Waals surface area contributed by atoms with Gasteiger partial charge in [0.1, 0.15) is 13.2 Å². The Morgan fingerprint density at radius 1 is 0.333 bits per heavy atom. The van der Waals surface area contributed by atoms with E-state index >= 15 is 0 Å². The van der Waals surface area contributed by atoms with Gasteiger partial charge >= 0.3 is 17.9 Å². The van der Waals surface area contributed by atoms with Crippen LogP contribution >= 0.6 is 0 Å². The first-order valence-corrected chi connectivity index (χ1v) is 26.1.